The molecular formula is C13H15N3O2. The van der Waals surface area contributed by atoms with E-state index in [1.54, 1.807) is 23.1 Å². The van der Waals surface area contributed by atoms with E-state index in [1.165, 1.54) is 0 Å². The lowest BCUT2D eigenvalue weighted by atomic mass is 9.83. The number of nitrogens with zero attached hydrogens (tertiary/aromatic N) is 2. The zero-order chi connectivity index (χ0) is 12.5. The predicted molar refractivity (Wildman–Crippen MR) is 64.3 cm³/mol. The van der Waals surface area contributed by atoms with Crippen molar-refractivity contribution in [2.45, 2.75) is 37.5 Å². The van der Waals surface area contributed by atoms with Gasteiger partial charge in [0.05, 0.1) is 18.2 Å². The van der Waals surface area contributed by atoms with Gasteiger partial charge in [0.15, 0.2) is 0 Å². The molecule has 3 rings (SSSR count). The van der Waals surface area contributed by atoms with Crippen LogP contribution in [0.25, 0.3) is 0 Å². The molecule has 0 aliphatic heterocycles. The van der Waals surface area contributed by atoms with Crippen LogP contribution in [-0.4, -0.2) is 32.9 Å². The van der Waals surface area contributed by atoms with Crippen LogP contribution in [0.15, 0.2) is 18.5 Å². The molecule has 5 heteroatoms. The quantitative estimate of drug-likeness (QED) is 0.725. The maximum atomic E-state index is 11.6. The number of aromatic nitrogens is 2. The molecule has 2 saturated carbocycles. The lowest BCUT2D eigenvalue weighted by Crippen LogP contribution is -2.55. The maximum absolute atomic E-state index is 11.6. The Hall–Kier alpha value is -1.80. The fraction of sp³-hybridized carbons (Fsp3) is 0.538. The van der Waals surface area contributed by atoms with Crippen LogP contribution in [0.1, 0.15) is 25.3 Å². The zero-order valence-corrected chi connectivity index (χ0v) is 9.91. The monoisotopic (exact) mass is 245 g/mol. The molecule has 0 unspecified atom stereocenters. The van der Waals surface area contributed by atoms with Gasteiger partial charge < -0.3 is 10.4 Å². The average molecular weight is 245 g/mol. The number of aliphatic hydroxyl groups excluding tert-OH is 1. The van der Waals surface area contributed by atoms with Gasteiger partial charge in [0.2, 0.25) is 0 Å². The zero-order valence-electron chi connectivity index (χ0n) is 9.91. The predicted octanol–water partition coefficient (Wildman–Crippen LogP) is 0.0870. The fourth-order valence-electron chi connectivity index (χ4n) is 2.17. The van der Waals surface area contributed by atoms with Gasteiger partial charge in [0.25, 0.3) is 5.91 Å². The SMILES string of the molecule is O=C(C#CC1CC1)N[C@H]1C[C@@H](O)[C@@H]1n1cccn1. The summed E-state index contributed by atoms with van der Waals surface area (Å²) in [6, 6.07) is 1.55. The van der Waals surface area contributed by atoms with Crippen LogP contribution < -0.4 is 5.32 Å². The van der Waals surface area contributed by atoms with Crippen molar-refractivity contribution in [3.63, 3.8) is 0 Å². The van der Waals surface area contributed by atoms with Crippen LogP contribution in [0.5, 0.6) is 0 Å². The van der Waals surface area contributed by atoms with Gasteiger partial charge in [0.1, 0.15) is 0 Å². The number of nitrogens with one attached hydrogen (secondary N) is 1. The van der Waals surface area contributed by atoms with E-state index >= 15 is 0 Å². The Balaban J connectivity index is 1.60. The highest BCUT2D eigenvalue weighted by Gasteiger charge is 2.42. The molecule has 2 aliphatic rings. The summed E-state index contributed by atoms with van der Waals surface area (Å²) in [7, 11) is 0. The Labute approximate surface area is 105 Å². The Kier molecular flexibility index (Phi) is 2.80. The molecule has 2 fully saturated rings. The molecule has 3 atom stereocenters. The highest BCUT2D eigenvalue weighted by Crippen LogP contribution is 2.32. The molecule has 1 aromatic heterocycles. The standard InChI is InChI=1S/C13H15N3O2/c17-11-8-10(13(11)16-7-1-6-14-16)15-12(18)5-4-9-2-3-9/h1,6-7,9-11,13,17H,2-3,8H2,(H,15,18)/t10-,11+,13+/m0/s1. The van der Waals surface area contributed by atoms with Crippen molar-refractivity contribution in [2.75, 3.05) is 0 Å². The topological polar surface area (TPSA) is 67.2 Å². The minimum absolute atomic E-state index is 0.0825. The molecule has 0 bridgehead atoms. The molecular weight excluding hydrogens is 230 g/mol. The van der Waals surface area contributed by atoms with E-state index in [-0.39, 0.29) is 18.0 Å². The van der Waals surface area contributed by atoms with E-state index in [2.05, 4.69) is 22.3 Å². The van der Waals surface area contributed by atoms with Crippen LogP contribution in [0, 0.1) is 17.8 Å². The van der Waals surface area contributed by atoms with Crippen LogP contribution >= 0.6 is 0 Å². The van der Waals surface area contributed by atoms with Crippen molar-refractivity contribution in [1.82, 2.24) is 15.1 Å². The average Bonchev–Trinajstić information content (AvgIpc) is 3.03. The summed E-state index contributed by atoms with van der Waals surface area (Å²) in [5.41, 5.74) is 0. The van der Waals surface area contributed by atoms with Crippen molar-refractivity contribution in [2.24, 2.45) is 5.92 Å². The lowest BCUT2D eigenvalue weighted by Gasteiger charge is -2.41. The largest absolute Gasteiger partial charge is 0.391 e. The molecule has 18 heavy (non-hydrogen) atoms. The second-order valence-corrected chi connectivity index (χ2v) is 4.90. The van der Waals surface area contributed by atoms with E-state index in [1.807, 2.05) is 0 Å². The minimum atomic E-state index is -0.452. The van der Waals surface area contributed by atoms with Gasteiger partial charge >= 0.3 is 0 Å². The third-order valence-electron chi connectivity index (χ3n) is 3.42. The van der Waals surface area contributed by atoms with E-state index in [0.717, 1.165) is 12.8 Å². The fourth-order valence-corrected chi connectivity index (χ4v) is 2.17. The van der Waals surface area contributed by atoms with Crippen LogP contribution in [0.4, 0.5) is 0 Å². The summed E-state index contributed by atoms with van der Waals surface area (Å²) in [5, 5.41) is 16.7. The number of carbonyl (C=O) groups is 1. The summed E-state index contributed by atoms with van der Waals surface area (Å²) >= 11 is 0. The third kappa shape index (κ3) is 2.24. The van der Waals surface area contributed by atoms with Crippen LogP contribution in [-0.2, 0) is 4.79 Å². The van der Waals surface area contributed by atoms with Gasteiger partial charge in [-0.15, -0.1) is 0 Å². The van der Waals surface area contributed by atoms with Crippen molar-refractivity contribution in [1.29, 1.82) is 0 Å². The molecule has 1 aromatic rings. The lowest BCUT2D eigenvalue weighted by molar-refractivity contribution is -0.119. The van der Waals surface area contributed by atoms with Crippen molar-refractivity contribution in [3.05, 3.63) is 18.5 Å². The highest BCUT2D eigenvalue weighted by atomic mass is 16.3. The number of hydrogen-bond acceptors (Lipinski definition) is 3. The maximum Gasteiger partial charge on any atom is 0.296 e. The molecule has 0 spiro atoms. The van der Waals surface area contributed by atoms with E-state index in [9.17, 15) is 9.90 Å². The summed E-state index contributed by atoms with van der Waals surface area (Å²) in [4.78, 5) is 11.6. The van der Waals surface area contributed by atoms with Crippen molar-refractivity contribution in [3.8, 4) is 11.8 Å². The number of amides is 1. The molecule has 5 nitrogen and oxygen atoms in total. The van der Waals surface area contributed by atoms with Crippen LogP contribution in [0.3, 0.4) is 0 Å². The van der Waals surface area contributed by atoms with Crippen LogP contribution in [0.2, 0.25) is 0 Å². The second kappa shape index (κ2) is 4.46. The van der Waals surface area contributed by atoms with Gasteiger partial charge in [0, 0.05) is 18.3 Å². The Bertz CT molecular complexity index is 496. The molecule has 2 aliphatic carbocycles. The smallest absolute Gasteiger partial charge is 0.296 e. The molecule has 0 radical (unpaired) electrons. The van der Waals surface area contributed by atoms with Crippen molar-refractivity contribution >= 4 is 5.91 Å². The molecule has 94 valence electrons. The van der Waals surface area contributed by atoms with Gasteiger partial charge in [-0.25, -0.2) is 0 Å². The van der Waals surface area contributed by atoms with Crippen molar-refractivity contribution < 1.29 is 9.90 Å². The normalized spacial score (nSPS) is 29.9. The number of aliphatic hydroxyl groups is 1. The first-order chi connectivity index (χ1) is 8.74. The Morgan fingerprint density at radius 1 is 1.50 bits per heavy atom. The highest BCUT2D eigenvalue weighted by molar-refractivity contribution is 5.93. The third-order valence-corrected chi connectivity index (χ3v) is 3.42. The number of carbonyl (C=O) groups excluding carboxylic acids is 1. The first-order valence-electron chi connectivity index (χ1n) is 6.23. The van der Waals surface area contributed by atoms with Gasteiger partial charge in [-0.05, 0) is 31.2 Å². The molecule has 0 saturated heterocycles. The molecule has 2 N–H and O–H groups in total. The first-order valence-corrected chi connectivity index (χ1v) is 6.23. The summed E-state index contributed by atoms with van der Waals surface area (Å²) in [5.74, 6) is 5.70. The molecule has 0 aromatic carbocycles. The Morgan fingerprint density at radius 2 is 2.33 bits per heavy atom. The summed E-state index contributed by atoms with van der Waals surface area (Å²) in [6.45, 7) is 0. The molecule has 1 amide bonds. The van der Waals surface area contributed by atoms with E-state index in [4.69, 9.17) is 0 Å². The van der Waals surface area contributed by atoms with E-state index < -0.39 is 6.10 Å². The summed E-state index contributed by atoms with van der Waals surface area (Å²) in [6.07, 6.45) is 5.78. The van der Waals surface area contributed by atoms with Gasteiger partial charge in [-0.2, -0.15) is 5.10 Å². The number of hydrogen-bond donors (Lipinski definition) is 2. The molecule has 1 heterocycles. The van der Waals surface area contributed by atoms with Gasteiger partial charge in [-0.1, -0.05) is 5.92 Å². The first kappa shape index (κ1) is 11.3. The number of rotatable bonds is 2. The minimum Gasteiger partial charge on any atom is -0.391 e. The second-order valence-electron chi connectivity index (χ2n) is 4.90. The van der Waals surface area contributed by atoms with Gasteiger partial charge in [-0.3, -0.25) is 9.48 Å². The van der Waals surface area contributed by atoms with E-state index in [0.29, 0.717) is 12.3 Å². The summed E-state index contributed by atoms with van der Waals surface area (Å²) < 4.78 is 1.69. The Morgan fingerprint density at radius 3 is 2.94 bits per heavy atom.